The minimum atomic E-state index is 0.193. The van der Waals surface area contributed by atoms with E-state index >= 15 is 0 Å². The van der Waals surface area contributed by atoms with Crippen molar-refractivity contribution in [1.29, 1.82) is 0 Å². The van der Waals surface area contributed by atoms with E-state index in [-0.39, 0.29) is 5.41 Å². The predicted molar refractivity (Wildman–Crippen MR) is 109 cm³/mol. The number of nitrogens with zero attached hydrogens (tertiary/aromatic N) is 2. The number of rotatable bonds is 6. The van der Waals surface area contributed by atoms with Gasteiger partial charge in [0.25, 0.3) is 0 Å². The van der Waals surface area contributed by atoms with Gasteiger partial charge in [0.2, 0.25) is 0 Å². The Labute approximate surface area is 160 Å². The zero-order chi connectivity index (χ0) is 18.6. The van der Waals surface area contributed by atoms with Crippen molar-refractivity contribution in [2.45, 2.75) is 71.9 Å². The van der Waals surface area contributed by atoms with Crippen molar-refractivity contribution in [2.24, 2.45) is 22.2 Å². The molecule has 1 aliphatic carbocycles. The summed E-state index contributed by atoms with van der Waals surface area (Å²) in [4.78, 5) is 7.58. The van der Waals surface area contributed by atoms with Gasteiger partial charge in [0.1, 0.15) is 0 Å². The molecular formula is C21H40N4O. The SMILES string of the molecule is CCNC(=NCC1CCN(C2CC2)C1)NCC1CCCOC1C(C)(C)C. The van der Waals surface area contributed by atoms with E-state index in [0.29, 0.717) is 12.0 Å². The van der Waals surface area contributed by atoms with Gasteiger partial charge in [0.15, 0.2) is 5.96 Å². The van der Waals surface area contributed by atoms with Crippen molar-refractivity contribution in [3.8, 4) is 0 Å². The van der Waals surface area contributed by atoms with Crippen LogP contribution in [0.4, 0.5) is 0 Å². The molecule has 5 nitrogen and oxygen atoms in total. The maximum atomic E-state index is 6.12. The molecule has 0 spiro atoms. The van der Waals surface area contributed by atoms with E-state index in [2.05, 4.69) is 43.2 Å². The number of guanidine groups is 1. The van der Waals surface area contributed by atoms with E-state index in [4.69, 9.17) is 9.73 Å². The molecular weight excluding hydrogens is 324 g/mol. The number of hydrogen-bond acceptors (Lipinski definition) is 3. The van der Waals surface area contributed by atoms with Gasteiger partial charge in [0.05, 0.1) is 6.10 Å². The lowest BCUT2D eigenvalue weighted by Crippen LogP contribution is -2.47. The molecule has 26 heavy (non-hydrogen) atoms. The Morgan fingerprint density at radius 2 is 1.96 bits per heavy atom. The smallest absolute Gasteiger partial charge is 0.191 e. The van der Waals surface area contributed by atoms with E-state index in [1.807, 2.05) is 0 Å². The monoisotopic (exact) mass is 364 g/mol. The number of hydrogen-bond donors (Lipinski definition) is 2. The number of nitrogens with one attached hydrogen (secondary N) is 2. The zero-order valence-corrected chi connectivity index (χ0v) is 17.4. The van der Waals surface area contributed by atoms with E-state index in [9.17, 15) is 0 Å². The first-order valence-electron chi connectivity index (χ1n) is 10.8. The van der Waals surface area contributed by atoms with E-state index in [1.165, 1.54) is 45.2 Å². The molecule has 2 aliphatic heterocycles. The predicted octanol–water partition coefficient (Wildman–Crippen LogP) is 2.87. The van der Waals surface area contributed by atoms with Crippen LogP contribution in [0.5, 0.6) is 0 Å². The summed E-state index contributed by atoms with van der Waals surface area (Å²) >= 11 is 0. The minimum absolute atomic E-state index is 0.193. The zero-order valence-electron chi connectivity index (χ0n) is 17.4. The summed E-state index contributed by atoms with van der Waals surface area (Å²) < 4.78 is 6.12. The Bertz CT molecular complexity index is 469. The van der Waals surface area contributed by atoms with Crippen molar-refractivity contribution in [2.75, 3.05) is 39.3 Å². The molecule has 3 rings (SSSR count). The van der Waals surface area contributed by atoms with Gasteiger partial charge in [-0.2, -0.15) is 0 Å². The summed E-state index contributed by atoms with van der Waals surface area (Å²) in [5.41, 5.74) is 0.193. The van der Waals surface area contributed by atoms with Gasteiger partial charge in [-0.1, -0.05) is 20.8 Å². The average Bonchev–Trinajstić information content (AvgIpc) is 3.35. The highest BCUT2D eigenvalue weighted by Crippen LogP contribution is 2.34. The first-order chi connectivity index (χ1) is 12.5. The Kier molecular flexibility index (Phi) is 6.84. The van der Waals surface area contributed by atoms with E-state index in [1.54, 1.807) is 0 Å². The van der Waals surface area contributed by atoms with E-state index in [0.717, 1.165) is 44.2 Å². The molecule has 0 aromatic rings. The van der Waals surface area contributed by atoms with Gasteiger partial charge < -0.3 is 20.3 Å². The summed E-state index contributed by atoms with van der Waals surface area (Å²) in [7, 11) is 0. The van der Waals surface area contributed by atoms with Crippen LogP contribution in [-0.2, 0) is 4.74 Å². The maximum Gasteiger partial charge on any atom is 0.191 e. The molecule has 3 atom stereocenters. The normalized spacial score (nSPS) is 31.2. The Morgan fingerprint density at radius 1 is 1.15 bits per heavy atom. The van der Waals surface area contributed by atoms with Crippen LogP contribution in [0, 0.1) is 17.3 Å². The molecule has 2 N–H and O–H groups in total. The van der Waals surface area contributed by atoms with Gasteiger partial charge in [-0.05, 0) is 56.9 Å². The molecule has 2 saturated heterocycles. The topological polar surface area (TPSA) is 48.9 Å². The fraction of sp³-hybridized carbons (Fsp3) is 0.952. The molecule has 0 aromatic heterocycles. The first-order valence-corrected chi connectivity index (χ1v) is 10.8. The fourth-order valence-electron chi connectivity index (χ4n) is 4.58. The first kappa shape index (κ1) is 19.9. The maximum absolute atomic E-state index is 6.12. The Balaban J connectivity index is 1.49. The van der Waals surface area contributed by atoms with Gasteiger partial charge in [0, 0.05) is 44.7 Å². The van der Waals surface area contributed by atoms with Crippen LogP contribution in [0.25, 0.3) is 0 Å². The Morgan fingerprint density at radius 3 is 2.65 bits per heavy atom. The van der Waals surface area contributed by atoms with Crippen LogP contribution < -0.4 is 10.6 Å². The molecule has 0 radical (unpaired) electrons. The lowest BCUT2D eigenvalue weighted by Gasteiger charge is -2.40. The minimum Gasteiger partial charge on any atom is -0.377 e. The summed E-state index contributed by atoms with van der Waals surface area (Å²) in [5.74, 6) is 2.27. The largest absolute Gasteiger partial charge is 0.377 e. The number of aliphatic imine (C=N–C) groups is 1. The third-order valence-electron chi connectivity index (χ3n) is 6.06. The van der Waals surface area contributed by atoms with Gasteiger partial charge >= 0.3 is 0 Å². The summed E-state index contributed by atoms with van der Waals surface area (Å²) in [6.45, 7) is 15.3. The molecule has 1 saturated carbocycles. The molecule has 3 aliphatic rings. The van der Waals surface area contributed by atoms with Crippen molar-refractivity contribution in [3.05, 3.63) is 0 Å². The molecule has 0 amide bonds. The third-order valence-corrected chi connectivity index (χ3v) is 6.06. The lowest BCUT2D eigenvalue weighted by molar-refractivity contribution is -0.0835. The highest BCUT2D eigenvalue weighted by molar-refractivity contribution is 5.79. The van der Waals surface area contributed by atoms with Crippen LogP contribution in [0.1, 0.15) is 59.8 Å². The second-order valence-corrected chi connectivity index (χ2v) is 9.54. The summed E-state index contributed by atoms with van der Waals surface area (Å²) in [6.07, 6.45) is 6.88. The van der Waals surface area contributed by atoms with Crippen LogP contribution in [0.15, 0.2) is 4.99 Å². The van der Waals surface area contributed by atoms with Crippen LogP contribution in [-0.4, -0.2) is 62.3 Å². The third kappa shape index (κ3) is 5.59. The van der Waals surface area contributed by atoms with Gasteiger partial charge in [-0.25, -0.2) is 0 Å². The Hall–Kier alpha value is -0.810. The molecule has 2 heterocycles. The van der Waals surface area contributed by atoms with Crippen LogP contribution in [0.2, 0.25) is 0 Å². The lowest BCUT2D eigenvalue weighted by atomic mass is 9.78. The van der Waals surface area contributed by atoms with Crippen molar-refractivity contribution in [1.82, 2.24) is 15.5 Å². The quantitative estimate of drug-likeness (QED) is 0.562. The second-order valence-electron chi connectivity index (χ2n) is 9.54. The highest BCUT2D eigenvalue weighted by Gasteiger charge is 2.36. The van der Waals surface area contributed by atoms with Crippen molar-refractivity contribution >= 4 is 5.96 Å². The molecule has 0 bridgehead atoms. The molecule has 3 unspecified atom stereocenters. The molecule has 150 valence electrons. The van der Waals surface area contributed by atoms with Crippen LogP contribution in [0.3, 0.4) is 0 Å². The standard InChI is InChI=1S/C21H40N4O/c1-5-22-20(23-13-16-10-11-25(15-16)18-8-9-18)24-14-17-7-6-12-26-19(17)21(2,3)4/h16-19H,5-15H2,1-4H3,(H2,22,23,24). The van der Waals surface area contributed by atoms with Crippen molar-refractivity contribution in [3.63, 3.8) is 0 Å². The van der Waals surface area contributed by atoms with Crippen molar-refractivity contribution < 1.29 is 4.74 Å². The molecule has 5 heteroatoms. The fourth-order valence-corrected chi connectivity index (χ4v) is 4.58. The summed E-state index contributed by atoms with van der Waals surface area (Å²) in [6, 6.07) is 0.899. The van der Waals surface area contributed by atoms with Crippen LogP contribution >= 0.6 is 0 Å². The number of ether oxygens (including phenoxy) is 1. The van der Waals surface area contributed by atoms with Gasteiger partial charge in [-0.3, -0.25) is 4.99 Å². The highest BCUT2D eigenvalue weighted by atomic mass is 16.5. The second kappa shape index (κ2) is 8.92. The van der Waals surface area contributed by atoms with Gasteiger partial charge in [-0.15, -0.1) is 0 Å². The van der Waals surface area contributed by atoms with E-state index < -0.39 is 0 Å². The molecule has 0 aromatic carbocycles. The molecule has 3 fully saturated rings. The average molecular weight is 365 g/mol. The number of likely N-dealkylation sites (tertiary alicyclic amines) is 1. The summed E-state index contributed by atoms with van der Waals surface area (Å²) in [5, 5.41) is 7.04.